The predicted molar refractivity (Wildman–Crippen MR) is 51.8 cm³/mol. The van der Waals surface area contributed by atoms with E-state index >= 15 is 0 Å². The van der Waals surface area contributed by atoms with Crippen LogP contribution in [-0.2, 0) is 0 Å². The highest BCUT2D eigenvalue weighted by Gasteiger charge is 2.09. The molecule has 0 saturated carbocycles. The monoisotopic (exact) mass is 170 g/mol. The van der Waals surface area contributed by atoms with Crippen molar-refractivity contribution in [3.63, 3.8) is 0 Å². The highest BCUT2D eigenvalue weighted by Crippen LogP contribution is 1.91. The van der Waals surface area contributed by atoms with Crippen molar-refractivity contribution in [2.75, 3.05) is 20.6 Å². The molecular formula is C8H18N4. The second kappa shape index (κ2) is 6.98. The minimum Gasteiger partial charge on any atom is -0.314 e. The third-order valence-electron chi connectivity index (χ3n) is 1.65. The van der Waals surface area contributed by atoms with Gasteiger partial charge in [-0.25, -0.2) is 9.98 Å². The Labute approximate surface area is 74.2 Å². The molecule has 2 unspecified atom stereocenters. The summed E-state index contributed by atoms with van der Waals surface area (Å²) in [6, 6.07) is 2.94. The van der Waals surface area contributed by atoms with Crippen LogP contribution in [-0.4, -0.2) is 38.9 Å². The summed E-state index contributed by atoms with van der Waals surface area (Å²) in [7, 11) is 3.77. The number of nitrogens with one attached hydrogen (secondary N) is 2. The van der Waals surface area contributed by atoms with Crippen LogP contribution in [0.2, 0.25) is 0 Å². The van der Waals surface area contributed by atoms with Gasteiger partial charge in [-0.15, -0.1) is 0 Å². The van der Waals surface area contributed by atoms with Crippen LogP contribution in [0.4, 0.5) is 0 Å². The van der Waals surface area contributed by atoms with Crippen molar-refractivity contribution in [1.29, 1.82) is 0 Å². The molecule has 0 saturated heterocycles. The summed E-state index contributed by atoms with van der Waals surface area (Å²) in [6.45, 7) is 4.74. The predicted octanol–water partition coefficient (Wildman–Crippen LogP) is 0.334. The summed E-state index contributed by atoms with van der Waals surface area (Å²) in [6.07, 6.45) is 0.0466. The zero-order valence-corrected chi connectivity index (χ0v) is 8.26. The molecule has 0 aliphatic rings. The molecule has 4 heteroatoms. The van der Waals surface area contributed by atoms with Crippen molar-refractivity contribution >= 4 is 6.01 Å². The molecule has 0 amide bonds. The van der Waals surface area contributed by atoms with E-state index in [4.69, 9.17) is 0 Å². The number of rotatable bonds is 5. The van der Waals surface area contributed by atoms with Gasteiger partial charge in [-0.05, 0) is 27.9 Å². The van der Waals surface area contributed by atoms with Gasteiger partial charge in [-0.1, -0.05) is 0 Å². The summed E-state index contributed by atoms with van der Waals surface area (Å²) in [5.41, 5.74) is 0. The van der Waals surface area contributed by atoms with Crippen LogP contribution < -0.4 is 10.6 Å². The van der Waals surface area contributed by atoms with Gasteiger partial charge in [0, 0.05) is 12.6 Å². The van der Waals surface area contributed by atoms with E-state index in [0.717, 1.165) is 6.54 Å². The second-order valence-electron chi connectivity index (χ2n) is 2.51. The molecule has 0 rings (SSSR count). The van der Waals surface area contributed by atoms with Crippen molar-refractivity contribution in [2.24, 2.45) is 9.98 Å². The van der Waals surface area contributed by atoms with E-state index in [2.05, 4.69) is 33.6 Å². The fourth-order valence-corrected chi connectivity index (χ4v) is 0.758. The first-order valence-electron chi connectivity index (χ1n) is 4.22. The Morgan fingerprint density at radius 2 is 2.00 bits per heavy atom. The molecule has 0 aromatic carbocycles. The summed E-state index contributed by atoms with van der Waals surface area (Å²) in [4.78, 5) is 8.00. The maximum Gasteiger partial charge on any atom is 0.125 e. The summed E-state index contributed by atoms with van der Waals surface area (Å²) in [5, 5.41) is 6.16. The fourth-order valence-electron chi connectivity index (χ4n) is 0.758. The maximum atomic E-state index is 4.11. The molecule has 2 N–H and O–H groups in total. The topological polar surface area (TPSA) is 48.8 Å². The molecule has 0 heterocycles. The minimum absolute atomic E-state index is 0.0466. The van der Waals surface area contributed by atoms with E-state index < -0.39 is 0 Å². The zero-order valence-electron chi connectivity index (χ0n) is 8.26. The van der Waals surface area contributed by atoms with E-state index in [0.29, 0.717) is 0 Å². The van der Waals surface area contributed by atoms with E-state index in [-0.39, 0.29) is 12.2 Å². The lowest BCUT2D eigenvalue weighted by atomic mass is 10.3. The Balaban J connectivity index is 4.07. The summed E-state index contributed by atoms with van der Waals surface area (Å²) < 4.78 is 0. The molecule has 0 aliphatic carbocycles. The molecule has 0 aromatic heterocycles. The van der Waals surface area contributed by atoms with Gasteiger partial charge in [0.1, 0.15) is 6.17 Å². The molecule has 4 nitrogen and oxygen atoms in total. The largest absolute Gasteiger partial charge is 0.314 e. The minimum atomic E-state index is 0.0466. The lowest BCUT2D eigenvalue weighted by Gasteiger charge is -2.16. The summed E-state index contributed by atoms with van der Waals surface area (Å²) >= 11 is 0. The summed E-state index contributed by atoms with van der Waals surface area (Å²) in [5.74, 6) is 0. The Kier molecular flexibility index (Phi) is 6.57. The lowest BCUT2D eigenvalue weighted by molar-refractivity contribution is 0.447. The lowest BCUT2D eigenvalue weighted by Crippen LogP contribution is -2.41. The first-order valence-corrected chi connectivity index (χ1v) is 4.22. The number of aliphatic imine (C=N–C) groups is 2. The Morgan fingerprint density at radius 3 is 2.42 bits per heavy atom. The number of nitrogens with zero attached hydrogens (tertiary/aromatic N) is 2. The Hall–Kier alpha value is -0.700. The van der Waals surface area contributed by atoms with Crippen LogP contribution in [0.25, 0.3) is 0 Å². The number of likely N-dealkylation sites (N-methyl/N-ethyl adjacent to an activating group) is 2. The number of hydrogen-bond donors (Lipinski definition) is 2. The van der Waals surface area contributed by atoms with Crippen LogP contribution in [0.5, 0.6) is 0 Å². The van der Waals surface area contributed by atoms with Gasteiger partial charge >= 0.3 is 0 Å². The van der Waals surface area contributed by atoms with Crippen LogP contribution in [0, 0.1) is 0 Å². The normalized spacial score (nSPS) is 14.7. The van der Waals surface area contributed by atoms with Crippen molar-refractivity contribution in [2.45, 2.75) is 26.1 Å². The average Bonchev–Trinajstić information content (AvgIpc) is 2.11. The molecule has 2 atom stereocenters. The average molecular weight is 170 g/mol. The van der Waals surface area contributed by atoms with Gasteiger partial charge in [-0.3, -0.25) is 5.32 Å². The van der Waals surface area contributed by atoms with Crippen molar-refractivity contribution < 1.29 is 0 Å². The smallest absolute Gasteiger partial charge is 0.125 e. The van der Waals surface area contributed by atoms with Crippen LogP contribution >= 0.6 is 0 Å². The van der Waals surface area contributed by atoms with E-state index in [1.165, 1.54) is 0 Å². The molecule has 0 bridgehead atoms. The number of hydrogen-bond acceptors (Lipinski definition) is 4. The fraction of sp³-hybridized carbons (Fsp3) is 0.875. The Morgan fingerprint density at radius 1 is 1.33 bits per heavy atom. The molecule has 0 radical (unpaired) electrons. The standard InChI is InChI=1S/C8H18N4/c1-5-11-6-12-8(10-4)7(2)9-3/h7-10H,5H2,1-4H3. The van der Waals surface area contributed by atoms with Crippen LogP contribution in [0.3, 0.4) is 0 Å². The van der Waals surface area contributed by atoms with E-state index in [1.807, 2.05) is 21.0 Å². The van der Waals surface area contributed by atoms with E-state index in [1.54, 1.807) is 0 Å². The first kappa shape index (κ1) is 11.3. The van der Waals surface area contributed by atoms with Gasteiger partial charge < -0.3 is 5.32 Å². The molecule has 0 aromatic rings. The SMILES string of the molecule is CCN=C=NC(NC)C(C)NC. The van der Waals surface area contributed by atoms with Gasteiger partial charge in [0.2, 0.25) is 0 Å². The van der Waals surface area contributed by atoms with Gasteiger partial charge in [0.15, 0.2) is 0 Å². The molecule has 12 heavy (non-hydrogen) atoms. The van der Waals surface area contributed by atoms with Gasteiger partial charge in [-0.2, -0.15) is 0 Å². The van der Waals surface area contributed by atoms with Crippen molar-refractivity contribution in [3.05, 3.63) is 0 Å². The third kappa shape index (κ3) is 4.23. The van der Waals surface area contributed by atoms with Crippen LogP contribution in [0.1, 0.15) is 13.8 Å². The highest BCUT2D eigenvalue weighted by atomic mass is 15.1. The molecule has 70 valence electrons. The Bertz CT molecular complexity index is 160. The van der Waals surface area contributed by atoms with Crippen molar-refractivity contribution in [3.8, 4) is 0 Å². The van der Waals surface area contributed by atoms with Crippen LogP contribution in [0.15, 0.2) is 9.98 Å². The third-order valence-corrected chi connectivity index (χ3v) is 1.65. The quantitative estimate of drug-likeness (QED) is 0.584. The molecular weight excluding hydrogens is 152 g/mol. The second-order valence-corrected chi connectivity index (χ2v) is 2.51. The molecule has 0 fully saturated rings. The van der Waals surface area contributed by atoms with E-state index in [9.17, 15) is 0 Å². The highest BCUT2D eigenvalue weighted by molar-refractivity contribution is 5.41. The van der Waals surface area contributed by atoms with Gasteiger partial charge in [0.25, 0.3) is 0 Å². The van der Waals surface area contributed by atoms with Crippen molar-refractivity contribution in [1.82, 2.24) is 10.6 Å². The molecule has 0 spiro atoms. The molecule has 0 aliphatic heterocycles. The zero-order chi connectivity index (χ0) is 9.40. The first-order chi connectivity index (χ1) is 5.76. The van der Waals surface area contributed by atoms with Gasteiger partial charge in [0.05, 0.1) is 6.01 Å². The maximum absolute atomic E-state index is 4.11.